The summed E-state index contributed by atoms with van der Waals surface area (Å²) in [7, 11) is 0. The monoisotopic (exact) mass is 506 g/mol. The van der Waals surface area contributed by atoms with E-state index in [1.54, 1.807) is 0 Å². The minimum atomic E-state index is -0.265. The van der Waals surface area contributed by atoms with Crippen LogP contribution in [0.2, 0.25) is 0 Å². The van der Waals surface area contributed by atoms with E-state index in [4.69, 9.17) is 0 Å². The van der Waals surface area contributed by atoms with E-state index in [0.29, 0.717) is 12.5 Å². The van der Waals surface area contributed by atoms with Crippen molar-refractivity contribution >= 4 is 23.4 Å². The zero-order valence-corrected chi connectivity index (χ0v) is 22.4. The van der Waals surface area contributed by atoms with Gasteiger partial charge in [0.05, 0.1) is 6.54 Å². The quantitative estimate of drug-likeness (QED) is 0.509. The summed E-state index contributed by atoms with van der Waals surface area (Å²) in [4.78, 5) is 39.0. The van der Waals surface area contributed by atoms with Gasteiger partial charge in [0.15, 0.2) is 0 Å². The lowest BCUT2D eigenvalue weighted by Crippen LogP contribution is -2.48. The highest BCUT2D eigenvalue weighted by molar-refractivity contribution is 5.95. The van der Waals surface area contributed by atoms with Gasteiger partial charge in [-0.1, -0.05) is 50.3 Å². The Balaban J connectivity index is 1.21. The summed E-state index contributed by atoms with van der Waals surface area (Å²) >= 11 is 0. The Hall–Kier alpha value is -2.85. The van der Waals surface area contributed by atoms with E-state index in [-0.39, 0.29) is 48.3 Å². The predicted octanol–water partition coefficient (Wildman–Crippen LogP) is 3.98. The summed E-state index contributed by atoms with van der Waals surface area (Å²) in [5.41, 5.74) is 2.23. The molecule has 0 bridgehead atoms. The first-order chi connectivity index (χ1) is 18.0. The maximum absolute atomic E-state index is 12.6. The van der Waals surface area contributed by atoms with Gasteiger partial charge in [0.2, 0.25) is 11.8 Å². The highest BCUT2D eigenvalue weighted by atomic mass is 16.2. The third-order valence-corrected chi connectivity index (χ3v) is 8.19. The fourth-order valence-corrected chi connectivity index (χ4v) is 6.20. The molecule has 2 aliphatic carbocycles. The number of anilines is 1. The summed E-state index contributed by atoms with van der Waals surface area (Å²) in [5, 5.41) is 9.76. The summed E-state index contributed by atoms with van der Waals surface area (Å²) in [6.07, 6.45) is 10.6. The van der Waals surface area contributed by atoms with Gasteiger partial charge in [-0.3, -0.25) is 14.4 Å². The van der Waals surface area contributed by atoms with E-state index in [0.717, 1.165) is 63.5 Å². The van der Waals surface area contributed by atoms with Crippen molar-refractivity contribution in [3.8, 4) is 11.8 Å². The maximum atomic E-state index is 12.6. The van der Waals surface area contributed by atoms with Crippen LogP contribution in [0.4, 0.5) is 5.69 Å². The molecule has 2 saturated carbocycles. The zero-order valence-electron chi connectivity index (χ0n) is 22.4. The van der Waals surface area contributed by atoms with Crippen molar-refractivity contribution in [2.75, 3.05) is 11.4 Å². The van der Waals surface area contributed by atoms with E-state index >= 15 is 0 Å². The molecule has 4 rings (SSSR count). The van der Waals surface area contributed by atoms with Crippen LogP contribution < -0.4 is 20.9 Å². The summed E-state index contributed by atoms with van der Waals surface area (Å²) in [6.45, 7) is 4.27. The topological polar surface area (TPSA) is 90.5 Å². The van der Waals surface area contributed by atoms with Crippen LogP contribution in [0.3, 0.4) is 0 Å². The number of hydrogen-bond acceptors (Lipinski definition) is 4. The average Bonchev–Trinajstić information content (AvgIpc) is 2.92. The van der Waals surface area contributed by atoms with Gasteiger partial charge in [0, 0.05) is 42.2 Å². The Morgan fingerprint density at radius 1 is 0.973 bits per heavy atom. The van der Waals surface area contributed by atoms with Crippen molar-refractivity contribution in [2.45, 2.75) is 109 Å². The number of carbonyl (C=O) groups excluding carboxylic acids is 3. The Morgan fingerprint density at radius 3 is 2.41 bits per heavy atom. The molecule has 1 heterocycles. The Labute approximate surface area is 221 Å². The van der Waals surface area contributed by atoms with Crippen LogP contribution in [0.15, 0.2) is 24.3 Å². The number of rotatable bonds is 6. The molecule has 1 aromatic carbocycles. The Kier molecular flexibility index (Phi) is 9.62. The number of amides is 3. The molecule has 2 atom stereocenters. The van der Waals surface area contributed by atoms with Gasteiger partial charge in [-0.05, 0) is 69.4 Å². The Morgan fingerprint density at radius 2 is 1.68 bits per heavy atom. The largest absolute Gasteiger partial charge is 0.345 e. The normalized spacial score (nSPS) is 25.8. The number of benzene rings is 1. The SMILES string of the molecule is CCC(=O)N1c2ccccc2[C@H](NC2CCC(NC(=O)C#CCNC(=O)C3CCCCC3)CC2)C[C@@H]1C. The van der Waals surface area contributed by atoms with Gasteiger partial charge in [-0.2, -0.15) is 0 Å². The second-order valence-corrected chi connectivity index (χ2v) is 10.9. The number of para-hydroxylation sites is 1. The fourth-order valence-electron chi connectivity index (χ4n) is 6.20. The molecule has 3 N–H and O–H groups in total. The van der Waals surface area contributed by atoms with Crippen molar-refractivity contribution in [3.63, 3.8) is 0 Å². The molecule has 3 amide bonds. The van der Waals surface area contributed by atoms with Crippen LogP contribution in [-0.4, -0.2) is 42.4 Å². The lowest BCUT2D eigenvalue weighted by atomic mass is 9.87. The standard InChI is InChI=1S/C30H42N4O3/c1-3-29(36)34-21(2)20-26(25-12-7-8-13-27(25)34)32-23-15-17-24(18-16-23)33-28(35)14-9-19-31-30(37)22-10-5-4-6-11-22/h7-8,12-13,21-24,26,32H,3-6,10-11,15-20H2,1-2H3,(H,31,37)(H,33,35)/t21-,23?,24?,26+/m0/s1. The Bertz CT molecular complexity index is 1020. The van der Waals surface area contributed by atoms with Crippen LogP contribution in [-0.2, 0) is 14.4 Å². The summed E-state index contributed by atoms with van der Waals surface area (Å²) in [5.74, 6) is 5.52. The van der Waals surface area contributed by atoms with Gasteiger partial charge < -0.3 is 20.9 Å². The highest BCUT2D eigenvalue weighted by Crippen LogP contribution is 2.38. The lowest BCUT2D eigenvalue weighted by Gasteiger charge is -2.41. The first-order valence-electron chi connectivity index (χ1n) is 14.2. The molecular weight excluding hydrogens is 464 g/mol. The van der Waals surface area contributed by atoms with E-state index in [2.05, 4.69) is 46.8 Å². The van der Waals surface area contributed by atoms with Crippen LogP contribution in [0.5, 0.6) is 0 Å². The van der Waals surface area contributed by atoms with E-state index in [1.807, 2.05) is 24.0 Å². The van der Waals surface area contributed by atoms with Crippen LogP contribution in [0, 0.1) is 17.8 Å². The molecule has 1 aliphatic heterocycles. The number of nitrogens with one attached hydrogen (secondary N) is 3. The van der Waals surface area contributed by atoms with Crippen molar-refractivity contribution < 1.29 is 14.4 Å². The van der Waals surface area contributed by atoms with Crippen molar-refractivity contribution in [1.29, 1.82) is 0 Å². The third-order valence-electron chi connectivity index (χ3n) is 8.19. The van der Waals surface area contributed by atoms with Crippen LogP contribution in [0.25, 0.3) is 0 Å². The number of fused-ring (bicyclic) bond motifs is 1. The molecule has 200 valence electrons. The van der Waals surface area contributed by atoms with Crippen LogP contribution >= 0.6 is 0 Å². The molecule has 0 saturated heterocycles. The number of carbonyl (C=O) groups is 3. The smallest absolute Gasteiger partial charge is 0.296 e. The molecular formula is C30H42N4O3. The highest BCUT2D eigenvalue weighted by Gasteiger charge is 2.34. The molecule has 2 fully saturated rings. The predicted molar refractivity (Wildman–Crippen MR) is 146 cm³/mol. The fraction of sp³-hybridized carbons (Fsp3) is 0.633. The van der Waals surface area contributed by atoms with Gasteiger partial charge >= 0.3 is 0 Å². The van der Waals surface area contributed by atoms with E-state index < -0.39 is 0 Å². The second-order valence-electron chi connectivity index (χ2n) is 10.9. The van der Waals surface area contributed by atoms with E-state index in [1.165, 1.54) is 12.0 Å². The van der Waals surface area contributed by atoms with Crippen LogP contribution in [0.1, 0.15) is 96.1 Å². The summed E-state index contributed by atoms with van der Waals surface area (Å²) < 4.78 is 0. The average molecular weight is 507 g/mol. The molecule has 3 aliphatic rings. The maximum Gasteiger partial charge on any atom is 0.296 e. The van der Waals surface area contributed by atoms with Gasteiger partial charge in [-0.15, -0.1) is 0 Å². The minimum Gasteiger partial charge on any atom is -0.345 e. The second kappa shape index (κ2) is 13.1. The van der Waals surface area contributed by atoms with Gasteiger partial charge in [0.25, 0.3) is 5.91 Å². The van der Waals surface area contributed by atoms with Crippen molar-refractivity contribution in [3.05, 3.63) is 29.8 Å². The molecule has 0 aromatic heterocycles. The van der Waals surface area contributed by atoms with E-state index in [9.17, 15) is 14.4 Å². The minimum absolute atomic E-state index is 0.0693. The first-order valence-corrected chi connectivity index (χ1v) is 14.2. The zero-order chi connectivity index (χ0) is 26.2. The van der Waals surface area contributed by atoms with Crippen molar-refractivity contribution in [2.24, 2.45) is 5.92 Å². The molecule has 1 aromatic rings. The van der Waals surface area contributed by atoms with Gasteiger partial charge in [-0.25, -0.2) is 0 Å². The molecule has 7 heteroatoms. The van der Waals surface area contributed by atoms with Crippen molar-refractivity contribution in [1.82, 2.24) is 16.0 Å². The molecule has 0 unspecified atom stereocenters. The number of nitrogens with zero attached hydrogens (tertiary/aromatic N) is 1. The lowest BCUT2D eigenvalue weighted by molar-refractivity contribution is -0.125. The molecule has 7 nitrogen and oxygen atoms in total. The third kappa shape index (κ3) is 7.13. The first kappa shape index (κ1) is 27.2. The van der Waals surface area contributed by atoms with Gasteiger partial charge in [0.1, 0.15) is 0 Å². The molecule has 0 radical (unpaired) electrons. The number of hydrogen-bond donors (Lipinski definition) is 3. The molecule has 0 spiro atoms. The molecule has 37 heavy (non-hydrogen) atoms. The summed E-state index contributed by atoms with van der Waals surface area (Å²) in [6, 6.07) is 9.14.